The second kappa shape index (κ2) is 12.6. The van der Waals surface area contributed by atoms with Gasteiger partial charge in [0.2, 0.25) is 0 Å². The van der Waals surface area contributed by atoms with E-state index >= 15 is 0 Å². The van der Waals surface area contributed by atoms with E-state index in [4.69, 9.17) is 4.74 Å². The van der Waals surface area contributed by atoms with Crippen LogP contribution < -0.4 is 10.6 Å². The van der Waals surface area contributed by atoms with Crippen LogP contribution in [-0.4, -0.2) is 63.8 Å². The number of aliphatic imine (C=N–C) groups is 1. The van der Waals surface area contributed by atoms with E-state index in [0.29, 0.717) is 0 Å². The zero-order chi connectivity index (χ0) is 13.9. The largest absolute Gasteiger partial charge is 0.379 e. The van der Waals surface area contributed by atoms with E-state index in [9.17, 15) is 0 Å². The van der Waals surface area contributed by atoms with Crippen LogP contribution >= 0.6 is 24.0 Å². The van der Waals surface area contributed by atoms with Gasteiger partial charge in [-0.15, -0.1) is 24.0 Å². The van der Waals surface area contributed by atoms with Crippen molar-refractivity contribution in [2.75, 3.05) is 53.0 Å². The zero-order valence-corrected chi connectivity index (χ0v) is 15.5. The fourth-order valence-corrected chi connectivity index (χ4v) is 2.09. The maximum absolute atomic E-state index is 5.33. The number of morpholine rings is 1. The molecule has 1 aliphatic heterocycles. The van der Waals surface area contributed by atoms with E-state index in [2.05, 4.69) is 34.4 Å². The van der Waals surface area contributed by atoms with E-state index in [1.165, 1.54) is 12.8 Å². The smallest absolute Gasteiger partial charge is 0.191 e. The normalized spacial score (nSPS) is 16.9. The van der Waals surface area contributed by atoms with E-state index in [1.807, 2.05) is 7.05 Å². The molecule has 1 heterocycles. The Kier molecular flexibility index (Phi) is 12.6. The third-order valence-corrected chi connectivity index (χ3v) is 3.30. The summed E-state index contributed by atoms with van der Waals surface area (Å²) in [6.07, 6.45) is 2.46. The summed E-state index contributed by atoms with van der Waals surface area (Å²) in [5.74, 6) is 1.69. The Hall–Kier alpha value is -0.0800. The summed E-state index contributed by atoms with van der Waals surface area (Å²) in [5, 5.41) is 6.72. The van der Waals surface area contributed by atoms with E-state index < -0.39 is 0 Å². The Morgan fingerprint density at radius 1 is 1.20 bits per heavy atom. The molecule has 0 aromatic carbocycles. The van der Waals surface area contributed by atoms with Crippen molar-refractivity contribution in [2.24, 2.45) is 10.9 Å². The van der Waals surface area contributed by atoms with Crippen molar-refractivity contribution in [1.29, 1.82) is 0 Å². The first-order valence-electron chi connectivity index (χ1n) is 7.47. The lowest BCUT2D eigenvalue weighted by Gasteiger charge is -2.26. The average Bonchev–Trinajstić information content (AvgIpc) is 2.42. The Morgan fingerprint density at radius 3 is 2.45 bits per heavy atom. The Bertz CT molecular complexity index is 256. The number of nitrogens with one attached hydrogen (secondary N) is 2. The first kappa shape index (κ1) is 19.9. The zero-order valence-electron chi connectivity index (χ0n) is 13.2. The van der Waals surface area contributed by atoms with Crippen LogP contribution in [0.25, 0.3) is 0 Å². The third-order valence-electron chi connectivity index (χ3n) is 3.30. The van der Waals surface area contributed by atoms with Crippen molar-refractivity contribution >= 4 is 29.9 Å². The van der Waals surface area contributed by atoms with E-state index in [1.54, 1.807) is 0 Å². The van der Waals surface area contributed by atoms with Crippen LogP contribution in [0.15, 0.2) is 4.99 Å². The summed E-state index contributed by atoms with van der Waals surface area (Å²) in [5.41, 5.74) is 0. The molecule has 2 N–H and O–H groups in total. The topological polar surface area (TPSA) is 48.9 Å². The predicted molar refractivity (Wildman–Crippen MR) is 96.1 cm³/mol. The highest BCUT2D eigenvalue weighted by molar-refractivity contribution is 14.0. The molecule has 1 saturated heterocycles. The molecule has 1 fully saturated rings. The Morgan fingerprint density at radius 2 is 1.85 bits per heavy atom. The van der Waals surface area contributed by atoms with E-state index in [-0.39, 0.29) is 24.0 Å². The van der Waals surface area contributed by atoms with Crippen molar-refractivity contribution in [3.05, 3.63) is 0 Å². The van der Waals surface area contributed by atoms with Crippen molar-refractivity contribution in [3.8, 4) is 0 Å². The van der Waals surface area contributed by atoms with Crippen LogP contribution in [0.5, 0.6) is 0 Å². The first-order valence-corrected chi connectivity index (χ1v) is 7.47. The van der Waals surface area contributed by atoms with Crippen LogP contribution in [0.1, 0.15) is 26.7 Å². The van der Waals surface area contributed by atoms with Gasteiger partial charge in [-0.2, -0.15) is 0 Å². The molecule has 1 aliphatic rings. The third kappa shape index (κ3) is 9.77. The number of ether oxygens (including phenoxy) is 1. The number of rotatable bonds is 7. The fraction of sp³-hybridized carbons (Fsp3) is 0.929. The lowest BCUT2D eigenvalue weighted by molar-refractivity contribution is 0.0389. The van der Waals surface area contributed by atoms with Crippen LogP contribution in [0.2, 0.25) is 0 Å². The highest BCUT2D eigenvalue weighted by atomic mass is 127. The summed E-state index contributed by atoms with van der Waals surface area (Å²) in [7, 11) is 1.83. The number of hydrogen-bond donors (Lipinski definition) is 2. The van der Waals surface area contributed by atoms with Gasteiger partial charge in [-0.3, -0.25) is 9.89 Å². The Labute approximate surface area is 140 Å². The minimum Gasteiger partial charge on any atom is -0.379 e. The number of halogens is 1. The molecule has 0 aliphatic carbocycles. The summed E-state index contributed by atoms with van der Waals surface area (Å²) in [6, 6.07) is 0. The molecule has 0 unspecified atom stereocenters. The van der Waals surface area contributed by atoms with Crippen LogP contribution in [-0.2, 0) is 4.74 Å². The molecule has 0 aromatic heterocycles. The quantitative estimate of drug-likeness (QED) is 0.296. The van der Waals surface area contributed by atoms with Crippen LogP contribution in [0.4, 0.5) is 0 Å². The Balaban J connectivity index is 0.00000361. The van der Waals surface area contributed by atoms with Gasteiger partial charge in [0, 0.05) is 39.8 Å². The molecule has 5 nitrogen and oxygen atoms in total. The molecule has 20 heavy (non-hydrogen) atoms. The summed E-state index contributed by atoms with van der Waals surface area (Å²) >= 11 is 0. The highest BCUT2D eigenvalue weighted by Crippen LogP contribution is 2.01. The maximum Gasteiger partial charge on any atom is 0.191 e. The predicted octanol–water partition coefficient (Wildman–Crippen LogP) is 1.54. The number of hydrogen-bond acceptors (Lipinski definition) is 3. The molecule has 6 heteroatoms. The van der Waals surface area contributed by atoms with Crippen molar-refractivity contribution in [3.63, 3.8) is 0 Å². The standard InChI is InChI=1S/C14H30N4O.HI/c1-13(2)5-4-6-16-14(15-3)17-7-8-18-9-11-19-12-10-18;/h13H,4-12H2,1-3H3,(H2,15,16,17);1H. The maximum atomic E-state index is 5.33. The molecule has 0 radical (unpaired) electrons. The van der Waals surface area contributed by atoms with Gasteiger partial charge in [0.1, 0.15) is 0 Å². The minimum absolute atomic E-state index is 0. The summed E-state index contributed by atoms with van der Waals surface area (Å²) < 4.78 is 5.33. The monoisotopic (exact) mass is 398 g/mol. The molecule has 0 atom stereocenters. The lowest BCUT2D eigenvalue weighted by Crippen LogP contribution is -2.44. The van der Waals surface area contributed by atoms with Gasteiger partial charge in [-0.05, 0) is 18.8 Å². The highest BCUT2D eigenvalue weighted by Gasteiger charge is 2.09. The molecule has 120 valence electrons. The molecular weight excluding hydrogens is 367 g/mol. The van der Waals surface area contributed by atoms with Crippen molar-refractivity contribution in [1.82, 2.24) is 15.5 Å². The second-order valence-electron chi connectivity index (χ2n) is 5.42. The molecule has 0 aromatic rings. The van der Waals surface area contributed by atoms with Crippen molar-refractivity contribution < 1.29 is 4.74 Å². The number of nitrogens with zero attached hydrogens (tertiary/aromatic N) is 2. The molecular formula is C14H31IN4O. The lowest BCUT2D eigenvalue weighted by atomic mass is 10.1. The molecule has 0 saturated carbocycles. The van der Waals surface area contributed by atoms with Crippen molar-refractivity contribution in [2.45, 2.75) is 26.7 Å². The van der Waals surface area contributed by atoms with Gasteiger partial charge in [-0.25, -0.2) is 0 Å². The minimum atomic E-state index is 0. The molecule has 0 bridgehead atoms. The molecule has 0 spiro atoms. The van der Waals surface area contributed by atoms with Crippen LogP contribution in [0.3, 0.4) is 0 Å². The van der Waals surface area contributed by atoms with Crippen LogP contribution in [0, 0.1) is 5.92 Å². The SMILES string of the molecule is CN=C(NCCCC(C)C)NCCN1CCOCC1.I. The van der Waals surface area contributed by atoms with Gasteiger partial charge < -0.3 is 15.4 Å². The van der Waals surface area contributed by atoms with Gasteiger partial charge in [0.25, 0.3) is 0 Å². The summed E-state index contributed by atoms with van der Waals surface area (Å²) in [4.78, 5) is 6.66. The number of guanidine groups is 1. The van der Waals surface area contributed by atoms with Gasteiger partial charge in [-0.1, -0.05) is 13.8 Å². The first-order chi connectivity index (χ1) is 9.22. The van der Waals surface area contributed by atoms with Gasteiger partial charge >= 0.3 is 0 Å². The van der Waals surface area contributed by atoms with Gasteiger partial charge in [0.15, 0.2) is 5.96 Å². The molecule has 0 amide bonds. The second-order valence-corrected chi connectivity index (χ2v) is 5.42. The van der Waals surface area contributed by atoms with Gasteiger partial charge in [0.05, 0.1) is 13.2 Å². The average molecular weight is 398 g/mol. The molecule has 1 rings (SSSR count). The van der Waals surface area contributed by atoms with E-state index in [0.717, 1.165) is 57.8 Å². The fourth-order valence-electron chi connectivity index (χ4n) is 2.09. The summed E-state index contributed by atoms with van der Waals surface area (Å²) in [6.45, 7) is 11.3.